The van der Waals surface area contributed by atoms with Crippen LogP contribution in [-0.4, -0.2) is 25.4 Å². The highest BCUT2D eigenvalue weighted by Gasteiger charge is 2.08. The monoisotopic (exact) mass is 347 g/mol. The number of nitrogens with one attached hydrogen (secondary N) is 1. The van der Waals surface area contributed by atoms with Gasteiger partial charge in [0, 0.05) is 11.6 Å². The molecule has 118 valence electrons. The lowest BCUT2D eigenvalue weighted by Crippen LogP contribution is -1.95. The number of aromatic nitrogens is 1. The Kier molecular flexibility index (Phi) is 4.64. The van der Waals surface area contributed by atoms with Gasteiger partial charge in [-0.05, 0) is 18.2 Å². The Bertz CT molecular complexity index is 831. The Morgan fingerprint density at radius 3 is 2.70 bits per heavy atom. The molecule has 0 unspecified atom stereocenters. The molecule has 5 nitrogen and oxygen atoms in total. The number of rotatable bonds is 5. The maximum Gasteiger partial charge on any atom is 0.204 e. The highest BCUT2D eigenvalue weighted by molar-refractivity contribution is 7.22. The molecule has 0 aliphatic carbocycles. The van der Waals surface area contributed by atoms with Gasteiger partial charge in [0.2, 0.25) is 5.13 Å². The summed E-state index contributed by atoms with van der Waals surface area (Å²) in [4.78, 5) is 4.45. The van der Waals surface area contributed by atoms with Crippen LogP contribution in [0.15, 0.2) is 41.5 Å². The fourth-order valence-electron chi connectivity index (χ4n) is 2.06. The summed E-state index contributed by atoms with van der Waals surface area (Å²) in [6.45, 7) is 0. The Balaban J connectivity index is 1.81. The molecule has 7 heteroatoms. The first-order chi connectivity index (χ1) is 11.2. The summed E-state index contributed by atoms with van der Waals surface area (Å²) in [5.41, 5.74) is 4.62. The Hall–Kier alpha value is -2.31. The van der Waals surface area contributed by atoms with Crippen LogP contribution >= 0.6 is 22.9 Å². The van der Waals surface area contributed by atoms with E-state index in [9.17, 15) is 0 Å². The van der Waals surface area contributed by atoms with E-state index in [0.717, 1.165) is 20.9 Å². The molecule has 23 heavy (non-hydrogen) atoms. The van der Waals surface area contributed by atoms with E-state index in [1.54, 1.807) is 32.6 Å². The highest BCUT2D eigenvalue weighted by Crippen LogP contribution is 2.31. The topological polar surface area (TPSA) is 55.7 Å². The smallest absolute Gasteiger partial charge is 0.204 e. The van der Waals surface area contributed by atoms with E-state index in [-0.39, 0.29) is 0 Å². The van der Waals surface area contributed by atoms with E-state index in [1.165, 1.54) is 11.3 Å². The SMILES string of the molecule is COc1cc(OC)c(/C=N\Nc2nc3ccccc3s2)cc1Cl. The molecule has 0 radical (unpaired) electrons. The number of hydrazone groups is 1. The van der Waals surface area contributed by atoms with E-state index in [0.29, 0.717) is 16.5 Å². The second-order valence-electron chi connectivity index (χ2n) is 4.59. The van der Waals surface area contributed by atoms with Crippen LogP contribution in [0.2, 0.25) is 5.02 Å². The van der Waals surface area contributed by atoms with E-state index < -0.39 is 0 Å². The van der Waals surface area contributed by atoms with Crippen LogP contribution in [-0.2, 0) is 0 Å². The fraction of sp³-hybridized carbons (Fsp3) is 0.125. The molecule has 2 aromatic carbocycles. The molecular weight excluding hydrogens is 334 g/mol. The van der Waals surface area contributed by atoms with Gasteiger partial charge in [-0.25, -0.2) is 4.98 Å². The average molecular weight is 348 g/mol. The predicted molar refractivity (Wildman–Crippen MR) is 95.4 cm³/mol. The van der Waals surface area contributed by atoms with Gasteiger partial charge in [0.05, 0.1) is 35.7 Å². The minimum absolute atomic E-state index is 0.495. The quantitative estimate of drug-likeness (QED) is 0.548. The number of hydrogen-bond donors (Lipinski definition) is 1. The van der Waals surface area contributed by atoms with Gasteiger partial charge in [0.15, 0.2) is 0 Å². The van der Waals surface area contributed by atoms with Gasteiger partial charge in [-0.2, -0.15) is 5.10 Å². The van der Waals surface area contributed by atoms with Crippen LogP contribution in [0, 0.1) is 0 Å². The summed E-state index contributed by atoms with van der Waals surface area (Å²) >= 11 is 7.67. The van der Waals surface area contributed by atoms with Crippen LogP contribution in [0.25, 0.3) is 10.2 Å². The summed E-state index contributed by atoms with van der Waals surface area (Å²) in [5, 5.41) is 5.42. The van der Waals surface area contributed by atoms with Gasteiger partial charge in [-0.3, -0.25) is 5.43 Å². The summed E-state index contributed by atoms with van der Waals surface area (Å²) in [6.07, 6.45) is 1.64. The molecule has 0 aliphatic heterocycles. The van der Waals surface area contributed by atoms with Gasteiger partial charge in [0.25, 0.3) is 0 Å². The molecule has 0 amide bonds. The number of hydrogen-bond acceptors (Lipinski definition) is 6. The van der Waals surface area contributed by atoms with Crippen molar-refractivity contribution in [3.63, 3.8) is 0 Å². The van der Waals surface area contributed by atoms with E-state index >= 15 is 0 Å². The number of nitrogens with zero attached hydrogens (tertiary/aromatic N) is 2. The number of thiazole rings is 1. The predicted octanol–water partition coefficient (Wildman–Crippen LogP) is 4.41. The van der Waals surface area contributed by atoms with Crippen molar-refractivity contribution in [2.75, 3.05) is 19.6 Å². The number of methoxy groups -OCH3 is 2. The molecule has 0 bridgehead atoms. The largest absolute Gasteiger partial charge is 0.496 e. The number of fused-ring (bicyclic) bond motifs is 1. The third-order valence-electron chi connectivity index (χ3n) is 3.16. The first kappa shape index (κ1) is 15.6. The van der Waals surface area contributed by atoms with Crippen LogP contribution in [0.3, 0.4) is 0 Å². The second kappa shape index (κ2) is 6.85. The number of para-hydroxylation sites is 1. The van der Waals surface area contributed by atoms with Crippen molar-refractivity contribution >= 4 is 44.5 Å². The summed E-state index contributed by atoms with van der Waals surface area (Å²) in [7, 11) is 3.14. The highest BCUT2D eigenvalue weighted by atomic mass is 35.5. The van der Waals surface area contributed by atoms with Gasteiger partial charge in [-0.1, -0.05) is 35.1 Å². The molecule has 0 saturated carbocycles. The van der Waals surface area contributed by atoms with Crippen molar-refractivity contribution < 1.29 is 9.47 Å². The molecule has 3 rings (SSSR count). The van der Waals surface area contributed by atoms with Crippen LogP contribution in [0.5, 0.6) is 11.5 Å². The molecule has 1 N–H and O–H groups in total. The molecule has 1 heterocycles. The second-order valence-corrected chi connectivity index (χ2v) is 6.02. The molecular formula is C16H14ClN3O2S. The zero-order chi connectivity index (χ0) is 16.2. The fourth-order valence-corrected chi connectivity index (χ4v) is 3.13. The van der Waals surface area contributed by atoms with Crippen molar-refractivity contribution in [3.05, 3.63) is 47.0 Å². The standard InChI is InChI=1S/C16H14ClN3O2S/c1-21-13-8-14(22-2)11(17)7-10(13)9-18-20-16-19-12-5-3-4-6-15(12)23-16/h3-9H,1-2H3,(H,19,20)/b18-9-. The van der Waals surface area contributed by atoms with Crippen molar-refractivity contribution in [2.45, 2.75) is 0 Å². The number of halogens is 1. The zero-order valence-electron chi connectivity index (χ0n) is 12.5. The normalized spacial score (nSPS) is 11.1. The van der Waals surface area contributed by atoms with Crippen LogP contribution in [0.1, 0.15) is 5.56 Å². The first-order valence-electron chi connectivity index (χ1n) is 6.77. The van der Waals surface area contributed by atoms with Crippen molar-refractivity contribution in [1.82, 2.24) is 4.98 Å². The Morgan fingerprint density at radius 2 is 1.96 bits per heavy atom. The van der Waals surface area contributed by atoms with Gasteiger partial charge in [-0.15, -0.1) is 0 Å². The first-order valence-corrected chi connectivity index (χ1v) is 7.97. The minimum Gasteiger partial charge on any atom is -0.496 e. The molecule has 0 spiro atoms. The molecule has 0 aliphatic rings. The van der Waals surface area contributed by atoms with Crippen molar-refractivity contribution in [1.29, 1.82) is 0 Å². The molecule has 1 aromatic heterocycles. The average Bonchev–Trinajstić information content (AvgIpc) is 2.98. The third-order valence-corrected chi connectivity index (χ3v) is 4.40. The Labute approximate surface area is 142 Å². The maximum atomic E-state index is 6.13. The molecule has 0 saturated heterocycles. The lowest BCUT2D eigenvalue weighted by Gasteiger charge is -2.09. The summed E-state index contributed by atoms with van der Waals surface area (Å²) in [6, 6.07) is 11.4. The number of anilines is 1. The van der Waals surface area contributed by atoms with Crippen LogP contribution in [0.4, 0.5) is 5.13 Å². The third kappa shape index (κ3) is 3.38. The lowest BCUT2D eigenvalue weighted by molar-refractivity contribution is 0.394. The van der Waals surface area contributed by atoms with E-state index in [1.807, 2.05) is 24.3 Å². The van der Waals surface area contributed by atoms with Gasteiger partial charge >= 0.3 is 0 Å². The maximum absolute atomic E-state index is 6.13. The van der Waals surface area contributed by atoms with E-state index in [2.05, 4.69) is 15.5 Å². The molecule has 0 atom stereocenters. The van der Waals surface area contributed by atoms with Crippen molar-refractivity contribution in [3.8, 4) is 11.5 Å². The minimum atomic E-state index is 0.495. The number of benzene rings is 2. The van der Waals surface area contributed by atoms with Gasteiger partial charge in [0.1, 0.15) is 11.5 Å². The Morgan fingerprint density at radius 1 is 1.17 bits per heavy atom. The number of ether oxygens (including phenoxy) is 2. The lowest BCUT2D eigenvalue weighted by atomic mass is 10.2. The zero-order valence-corrected chi connectivity index (χ0v) is 14.1. The van der Waals surface area contributed by atoms with Crippen molar-refractivity contribution in [2.24, 2.45) is 5.10 Å². The van der Waals surface area contributed by atoms with E-state index in [4.69, 9.17) is 21.1 Å². The van der Waals surface area contributed by atoms with Crippen LogP contribution < -0.4 is 14.9 Å². The molecule has 3 aromatic rings. The molecule has 0 fully saturated rings. The van der Waals surface area contributed by atoms with Gasteiger partial charge < -0.3 is 9.47 Å². The summed E-state index contributed by atoms with van der Waals surface area (Å²) in [5.74, 6) is 1.18. The summed E-state index contributed by atoms with van der Waals surface area (Å²) < 4.78 is 11.6.